The van der Waals surface area contributed by atoms with Crippen molar-refractivity contribution in [1.82, 2.24) is 4.57 Å². The number of aryl methyl sites for hydroxylation is 1. The van der Waals surface area contributed by atoms with Crippen LogP contribution in [0.4, 0.5) is 0 Å². The molecule has 5 heteroatoms. The van der Waals surface area contributed by atoms with E-state index in [1.54, 1.807) is 16.7 Å². The van der Waals surface area contributed by atoms with Gasteiger partial charge in [-0.2, -0.15) is 5.26 Å². The lowest BCUT2D eigenvalue weighted by atomic mass is 10.3. The van der Waals surface area contributed by atoms with Crippen LogP contribution in [0.3, 0.4) is 0 Å². The van der Waals surface area contributed by atoms with Crippen LogP contribution in [0, 0.1) is 11.3 Å². The van der Waals surface area contributed by atoms with Gasteiger partial charge in [-0.25, -0.2) is 0 Å². The van der Waals surface area contributed by atoms with E-state index in [4.69, 9.17) is 16.9 Å². The molecule has 15 heavy (non-hydrogen) atoms. The lowest BCUT2D eigenvalue weighted by molar-refractivity contribution is 0.729. The summed E-state index contributed by atoms with van der Waals surface area (Å²) in [7, 11) is 0. The Labute approximate surface area is 95.1 Å². The van der Waals surface area contributed by atoms with Crippen molar-refractivity contribution in [2.45, 2.75) is 13.0 Å². The fourth-order valence-corrected chi connectivity index (χ4v) is 2.47. The number of hydrogen-bond donors (Lipinski definition) is 0. The molecular formula is C10H7ClN2OS. The quantitative estimate of drug-likeness (QED) is 0.808. The highest BCUT2D eigenvalue weighted by Gasteiger charge is 2.06. The fourth-order valence-electron chi connectivity index (χ4n) is 1.41. The molecule has 1 aromatic carbocycles. The van der Waals surface area contributed by atoms with Crippen molar-refractivity contribution in [3.8, 4) is 6.07 Å². The van der Waals surface area contributed by atoms with Crippen molar-refractivity contribution in [3.05, 3.63) is 32.9 Å². The van der Waals surface area contributed by atoms with Gasteiger partial charge in [0.15, 0.2) is 0 Å². The summed E-state index contributed by atoms with van der Waals surface area (Å²) in [5, 5.41) is 9.10. The Kier molecular flexibility index (Phi) is 2.76. The van der Waals surface area contributed by atoms with E-state index in [9.17, 15) is 4.79 Å². The standard InChI is InChI=1S/C10H7ClN2OS/c11-7-2-3-9-8(6-7)13(5-1-4-12)10(14)15-9/h2-3,6H,1,5H2. The molecule has 1 aromatic heterocycles. The molecule has 2 aromatic rings. The van der Waals surface area contributed by atoms with E-state index < -0.39 is 0 Å². The minimum absolute atomic E-state index is 0.0393. The zero-order chi connectivity index (χ0) is 10.8. The first kappa shape index (κ1) is 10.2. The van der Waals surface area contributed by atoms with Gasteiger partial charge in [-0.3, -0.25) is 9.36 Å². The van der Waals surface area contributed by atoms with Crippen LogP contribution in [0.25, 0.3) is 10.2 Å². The summed E-state index contributed by atoms with van der Waals surface area (Å²) in [5.41, 5.74) is 0.813. The SMILES string of the molecule is N#CCCn1c(=O)sc2ccc(Cl)cc21. The summed E-state index contributed by atoms with van der Waals surface area (Å²) in [4.78, 5) is 11.5. The van der Waals surface area contributed by atoms with Gasteiger partial charge in [0.05, 0.1) is 22.7 Å². The zero-order valence-electron chi connectivity index (χ0n) is 7.74. The molecule has 0 aliphatic rings. The van der Waals surface area contributed by atoms with Crippen LogP contribution in [0.15, 0.2) is 23.0 Å². The van der Waals surface area contributed by atoms with Crippen molar-refractivity contribution in [2.75, 3.05) is 0 Å². The molecule has 3 nitrogen and oxygen atoms in total. The summed E-state index contributed by atoms with van der Waals surface area (Å²) in [6.45, 7) is 0.426. The molecule has 2 rings (SSSR count). The Morgan fingerprint density at radius 2 is 2.33 bits per heavy atom. The van der Waals surface area contributed by atoms with E-state index in [0.29, 0.717) is 18.0 Å². The monoisotopic (exact) mass is 238 g/mol. The number of nitriles is 1. The Morgan fingerprint density at radius 3 is 3.07 bits per heavy atom. The molecule has 0 unspecified atom stereocenters. The number of fused-ring (bicyclic) bond motifs is 1. The van der Waals surface area contributed by atoms with Crippen LogP contribution >= 0.6 is 22.9 Å². The van der Waals surface area contributed by atoms with Gasteiger partial charge in [0.1, 0.15) is 0 Å². The summed E-state index contributed by atoms with van der Waals surface area (Å²) >= 11 is 7.04. The summed E-state index contributed by atoms with van der Waals surface area (Å²) in [6.07, 6.45) is 0.332. The second kappa shape index (κ2) is 4.05. The molecule has 0 radical (unpaired) electrons. The molecule has 0 bridgehead atoms. The van der Waals surface area contributed by atoms with Gasteiger partial charge in [-0.05, 0) is 18.2 Å². The highest BCUT2D eigenvalue weighted by molar-refractivity contribution is 7.16. The normalized spacial score (nSPS) is 10.4. The molecule has 0 aliphatic carbocycles. The Hall–Kier alpha value is -1.31. The van der Waals surface area contributed by atoms with E-state index in [2.05, 4.69) is 0 Å². The van der Waals surface area contributed by atoms with Crippen molar-refractivity contribution < 1.29 is 0 Å². The Balaban J connectivity index is 2.61. The van der Waals surface area contributed by atoms with E-state index >= 15 is 0 Å². The van der Waals surface area contributed by atoms with Crippen molar-refractivity contribution in [2.24, 2.45) is 0 Å². The predicted octanol–water partition coefficient (Wildman–Crippen LogP) is 2.63. The molecule has 0 amide bonds. The lowest BCUT2D eigenvalue weighted by Gasteiger charge is -1.99. The predicted molar refractivity (Wildman–Crippen MR) is 61.3 cm³/mol. The molecule has 0 spiro atoms. The summed E-state index contributed by atoms with van der Waals surface area (Å²) in [5.74, 6) is 0. The Bertz CT molecular complexity index is 593. The van der Waals surface area contributed by atoms with Crippen molar-refractivity contribution >= 4 is 33.2 Å². The fraction of sp³-hybridized carbons (Fsp3) is 0.200. The first-order valence-electron chi connectivity index (χ1n) is 4.38. The first-order valence-corrected chi connectivity index (χ1v) is 5.57. The van der Waals surface area contributed by atoms with Crippen LogP contribution in [-0.4, -0.2) is 4.57 Å². The second-order valence-corrected chi connectivity index (χ2v) is 4.47. The summed E-state index contributed by atoms with van der Waals surface area (Å²) in [6, 6.07) is 7.36. The average molecular weight is 239 g/mol. The lowest BCUT2D eigenvalue weighted by Crippen LogP contribution is -2.12. The number of rotatable bonds is 2. The molecule has 1 heterocycles. The number of hydrogen-bond acceptors (Lipinski definition) is 3. The molecule has 76 valence electrons. The second-order valence-electron chi connectivity index (χ2n) is 3.04. The number of nitrogens with zero attached hydrogens (tertiary/aromatic N) is 2. The van der Waals surface area contributed by atoms with Gasteiger partial charge in [-0.15, -0.1) is 0 Å². The van der Waals surface area contributed by atoms with Gasteiger partial charge in [0.25, 0.3) is 0 Å². The van der Waals surface area contributed by atoms with Gasteiger partial charge in [0, 0.05) is 11.6 Å². The van der Waals surface area contributed by atoms with E-state index in [-0.39, 0.29) is 4.87 Å². The maximum atomic E-state index is 11.6. The van der Waals surface area contributed by atoms with Crippen LogP contribution in [0.2, 0.25) is 5.02 Å². The number of thiazole rings is 1. The largest absolute Gasteiger partial charge is 0.308 e. The van der Waals surface area contributed by atoms with E-state index in [1.807, 2.05) is 12.1 Å². The number of halogens is 1. The van der Waals surface area contributed by atoms with Gasteiger partial charge in [-0.1, -0.05) is 22.9 Å². The topological polar surface area (TPSA) is 45.8 Å². The third kappa shape index (κ3) is 1.89. The van der Waals surface area contributed by atoms with Gasteiger partial charge >= 0.3 is 4.87 Å². The molecule has 0 aliphatic heterocycles. The maximum Gasteiger partial charge on any atom is 0.308 e. The maximum absolute atomic E-state index is 11.6. The smallest absolute Gasteiger partial charge is 0.298 e. The highest BCUT2D eigenvalue weighted by Crippen LogP contribution is 2.21. The first-order chi connectivity index (χ1) is 7.22. The van der Waals surface area contributed by atoms with Crippen LogP contribution in [-0.2, 0) is 6.54 Å². The van der Waals surface area contributed by atoms with Gasteiger partial charge in [0.2, 0.25) is 0 Å². The highest BCUT2D eigenvalue weighted by atomic mass is 35.5. The van der Waals surface area contributed by atoms with Crippen molar-refractivity contribution in [1.29, 1.82) is 5.26 Å². The minimum atomic E-state index is -0.0393. The summed E-state index contributed by atoms with van der Waals surface area (Å²) < 4.78 is 2.50. The molecule has 0 saturated heterocycles. The molecule has 0 atom stereocenters. The number of benzene rings is 1. The molecule has 0 saturated carbocycles. The van der Waals surface area contributed by atoms with Crippen LogP contribution in [0.1, 0.15) is 6.42 Å². The zero-order valence-corrected chi connectivity index (χ0v) is 9.31. The molecule has 0 fully saturated rings. The molecule has 0 N–H and O–H groups in total. The third-order valence-corrected chi connectivity index (χ3v) is 3.27. The average Bonchev–Trinajstić information content (AvgIpc) is 2.51. The van der Waals surface area contributed by atoms with Crippen LogP contribution < -0.4 is 4.87 Å². The van der Waals surface area contributed by atoms with E-state index in [1.165, 1.54) is 11.3 Å². The minimum Gasteiger partial charge on any atom is -0.298 e. The van der Waals surface area contributed by atoms with Crippen molar-refractivity contribution in [3.63, 3.8) is 0 Å². The van der Waals surface area contributed by atoms with E-state index in [0.717, 1.165) is 10.2 Å². The number of aromatic nitrogens is 1. The molecular weight excluding hydrogens is 232 g/mol. The van der Waals surface area contributed by atoms with Crippen LogP contribution in [0.5, 0.6) is 0 Å². The third-order valence-electron chi connectivity index (χ3n) is 2.08. The van der Waals surface area contributed by atoms with Gasteiger partial charge < -0.3 is 0 Å². The Morgan fingerprint density at radius 1 is 1.53 bits per heavy atom.